The molecule has 0 N–H and O–H groups in total. The van der Waals surface area contributed by atoms with Gasteiger partial charge in [0.15, 0.2) is 0 Å². The number of nitrogens with zero attached hydrogens (tertiary/aromatic N) is 3. The standard InChI is InChI=1S/C15H13ClFN3S/c1-3-20(12-7-5-4-6-11(12)17)13-10-8-9(2)21-14(10)19-15(16)18-13/h4-8H,3H2,1-2H3. The summed E-state index contributed by atoms with van der Waals surface area (Å²) >= 11 is 7.58. The SMILES string of the molecule is CCN(c1ccccc1F)c1nc(Cl)nc2sc(C)cc12. The van der Waals surface area contributed by atoms with Crippen molar-refractivity contribution in [3.63, 3.8) is 0 Å². The lowest BCUT2D eigenvalue weighted by Gasteiger charge is -2.23. The van der Waals surface area contributed by atoms with Crippen molar-refractivity contribution in [2.45, 2.75) is 13.8 Å². The Kier molecular flexibility index (Phi) is 3.78. The average Bonchev–Trinajstić information content (AvgIpc) is 2.81. The summed E-state index contributed by atoms with van der Waals surface area (Å²) in [5.41, 5.74) is 0.486. The highest BCUT2D eigenvalue weighted by Gasteiger charge is 2.18. The van der Waals surface area contributed by atoms with E-state index in [1.807, 2.05) is 24.8 Å². The number of anilines is 2. The van der Waals surface area contributed by atoms with Crippen molar-refractivity contribution in [2.24, 2.45) is 0 Å². The van der Waals surface area contributed by atoms with Crippen LogP contribution >= 0.6 is 22.9 Å². The molecule has 0 spiro atoms. The van der Waals surface area contributed by atoms with E-state index in [0.717, 1.165) is 15.1 Å². The van der Waals surface area contributed by atoms with Crippen LogP contribution in [0.2, 0.25) is 5.28 Å². The van der Waals surface area contributed by atoms with Crippen LogP contribution in [0.5, 0.6) is 0 Å². The maximum atomic E-state index is 14.1. The summed E-state index contributed by atoms with van der Waals surface area (Å²) in [5.74, 6) is 0.358. The third kappa shape index (κ3) is 2.59. The van der Waals surface area contributed by atoms with Crippen molar-refractivity contribution >= 4 is 44.7 Å². The number of para-hydroxylation sites is 1. The van der Waals surface area contributed by atoms with Crippen molar-refractivity contribution < 1.29 is 4.39 Å². The molecule has 0 aliphatic rings. The molecule has 0 aliphatic heterocycles. The molecule has 2 aromatic heterocycles. The van der Waals surface area contributed by atoms with Crippen LogP contribution in [-0.4, -0.2) is 16.5 Å². The highest BCUT2D eigenvalue weighted by atomic mass is 35.5. The minimum atomic E-state index is -0.283. The molecule has 0 radical (unpaired) electrons. The fraction of sp³-hybridized carbons (Fsp3) is 0.200. The van der Waals surface area contributed by atoms with Gasteiger partial charge in [0.1, 0.15) is 16.5 Å². The zero-order valence-electron chi connectivity index (χ0n) is 11.6. The molecule has 0 fully saturated rings. The van der Waals surface area contributed by atoms with Crippen LogP contribution in [0, 0.1) is 12.7 Å². The van der Waals surface area contributed by atoms with Gasteiger partial charge in [-0.15, -0.1) is 11.3 Å². The predicted octanol–water partition coefficient (Wildman–Crippen LogP) is 4.95. The highest BCUT2D eigenvalue weighted by molar-refractivity contribution is 7.18. The second-order valence-electron chi connectivity index (χ2n) is 4.59. The van der Waals surface area contributed by atoms with Crippen LogP contribution in [-0.2, 0) is 0 Å². The van der Waals surface area contributed by atoms with Gasteiger partial charge in [-0.3, -0.25) is 0 Å². The summed E-state index contributed by atoms with van der Waals surface area (Å²) in [6.07, 6.45) is 0. The smallest absolute Gasteiger partial charge is 0.225 e. The molecule has 3 rings (SSSR count). The predicted molar refractivity (Wildman–Crippen MR) is 86.2 cm³/mol. The number of halogens is 2. The first kappa shape index (κ1) is 14.2. The number of fused-ring (bicyclic) bond motifs is 1. The van der Waals surface area contributed by atoms with Crippen molar-refractivity contribution in [3.8, 4) is 0 Å². The van der Waals surface area contributed by atoms with Gasteiger partial charge in [0.05, 0.1) is 11.1 Å². The van der Waals surface area contributed by atoms with E-state index in [1.165, 1.54) is 6.07 Å². The first-order valence-electron chi connectivity index (χ1n) is 6.56. The summed E-state index contributed by atoms with van der Waals surface area (Å²) in [4.78, 5) is 12.3. The number of hydrogen-bond donors (Lipinski definition) is 0. The molecular formula is C15H13ClFN3S. The van der Waals surface area contributed by atoms with Crippen molar-refractivity contribution in [1.82, 2.24) is 9.97 Å². The zero-order chi connectivity index (χ0) is 15.0. The topological polar surface area (TPSA) is 29.0 Å². The summed E-state index contributed by atoms with van der Waals surface area (Å²) in [5, 5.41) is 1.07. The third-order valence-corrected chi connectivity index (χ3v) is 4.30. The van der Waals surface area contributed by atoms with Gasteiger partial charge in [0.2, 0.25) is 5.28 Å². The molecule has 0 atom stereocenters. The number of benzene rings is 1. The Morgan fingerprint density at radius 2 is 2.05 bits per heavy atom. The van der Waals surface area contributed by atoms with E-state index in [0.29, 0.717) is 18.1 Å². The fourth-order valence-electron chi connectivity index (χ4n) is 2.31. The lowest BCUT2D eigenvalue weighted by Crippen LogP contribution is -2.19. The minimum absolute atomic E-state index is 0.175. The van der Waals surface area contributed by atoms with E-state index in [2.05, 4.69) is 9.97 Å². The number of hydrogen-bond acceptors (Lipinski definition) is 4. The number of aromatic nitrogens is 2. The normalized spacial score (nSPS) is 11.0. The maximum absolute atomic E-state index is 14.1. The fourth-order valence-corrected chi connectivity index (χ4v) is 3.40. The molecular weight excluding hydrogens is 309 g/mol. The van der Waals surface area contributed by atoms with E-state index < -0.39 is 0 Å². The second kappa shape index (κ2) is 5.58. The summed E-state index contributed by atoms with van der Waals surface area (Å²) in [6, 6.07) is 8.66. The van der Waals surface area contributed by atoms with Crippen LogP contribution < -0.4 is 4.90 Å². The zero-order valence-corrected chi connectivity index (χ0v) is 13.2. The third-order valence-electron chi connectivity index (χ3n) is 3.18. The van der Waals surface area contributed by atoms with Crippen LogP contribution in [0.15, 0.2) is 30.3 Å². The van der Waals surface area contributed by atoms with Crippen molar-refractivity contribution in [3.05, 3.63) is 46.3 Å². The molecule has 108 valence electrons. The number of thiophene rings is 1. The molecule has 3 aromatic rings. The van der Waals surface area contributed by atoms with E-state index in [9.17, 15) is 4.39 Å². The van der Waals surface area contributed by atoms with Gasteiger partial charge in [-0.1, -0.05) is 12.1 Å². The number of aryl methyl sites for hydroxylation is 1. The molecule has 0 saturated carbocycles. The average molecular weight is 322 g/mol. The molecule has 0 bridgehead atoms. The largest absolute Gasteiger partial charge is 0.323 e. The van der Waals surface area contributed by atoms with Crippen molar-refractivity contribution in [2.75, 3.05) is 11.4 Å². The summed E-state index contributed by atoms with van der Waals surface area (Å²) in [7, 11) is 0. The van der Waals surface area contributed by atoms with Gasteiger partial charge in [0.25, 0.3) is 0 Å². The van der Waals surface area contributed by atoms with Gasteiger partial charge < -0.3 is 4.90 Å². The Morgan fingerprint density at radius 3 is 2.76 bits per heavy atom. The lowest BCUT2D eigenvalue weighted by atomic mass is 10.2. The summed E-state index contributed by atoms with van der Waals surface area (Å²) < 4.78 is 14.1. The van der Waals surface area contributed by atoms with Gasteiger partial charge in [-0.25, -0.2) is 9.37 Å². The highest BCUT2D eigenvalue weighted by Crippen LogP contribution is 2.35. The maximum Gasteiger partial charge on any atom is 0.225 e. The molecule has 0 amide bonds. The van der Waals surface area contributed by atoms with Crippen molar-refractivity contribution in [1.29, 1.82) is 0 Å². The Bertz CT molecular complexity index is 803. The van der Waals surface area contributed by atoms with Gasteiger partial charge >= 0.3 is 0 Å². The van der Waals surface area contributed by atoms with E-state index in [4.69, 9.17) is 11.6 Å². The number of rotatable bonds is 3. The monoisotopic (exact) mass is 321 g/mol. The van der Waals surface area contributed by atoms with Crippen LogP contribution in [0.4, 0.5) is 15.9 Å². The van der Waals surface area contributed by atoms with Crippen LogP contribution in [0.3, 0.4) is 0 Å². The Hall–Kier alpha value is -1.72. The summed E-state index contributed by atoms with van der Waals surface area (Å²) in [6.45, 7) is 4.54. The van der Waals surface area contributed by atoms with Gasteiger partial charge in [0, 0.05) is 11.4 Å². The molecule has 6 heteroatoms. The van der Waals surface area contributed by atoms with Crippen LogP contribution in [0.25, 0.3) is 10.2 Å². The molecule has 21 heavy (non-hydrogen) atoms. The Balaban J connectivity index is 2.24. The Labute approximate surface area is 131 Å². The molecule has 0 aliphatic carbocycles. The van der Waals surface area contributed by atoms with E-state index >= 15 is 0 Å². The Morgan fingerprint density at radius 1 is 1.29 bits per heavy atom. The first-order chi connectivity index (χ1) is 10.1. The van der Waals surface area contributed by atoms with Gasteiger partial charge in [-0.2, -0.15) is 4.98 Å². The molecule has 0 saturated heterocycles. The molecule has 1 aromatic carbocycles. The van der Waals surface area contributed by atoms with Crippen LogP contribution in [0.1, 0.15) is 11.8 Å². The lowest BCUT2D eigenvalue weighted by molar-refractivity contribution is 0.625. The van der Waals surface area contributed by atoms with Gasteiger partial charge in [-0.05, 0) is 43.6 Å². The van der Waals surface area contributed by atoms with E-state index in [1.54, 1.807) is 29.5 Å². The first-order valence-corrected chi connectivity index (χ1v) is 7.75. The molecule has 0 unspecified atom stereocenters. The van der Waals surface area contributed by atoms with E-state index in [-0.39, 0.29) is 11.1 Å². The minimum Gasteiger partial charge on any atom is -0.323 e. The quantitative estimate of drug-likeness (QED) is 0.639. The molecule has 3 nitrogen and oxygen atoms in total. The molecule has 2 heterocycles. The second-order valence-corrected chi connectivity index (χ2v) is 6.16.